The highest BCUT2D eigenvalue weighted by atomic mass is 16.5. The van der Waals surface area contributed by atoms with Gasteiger partial charge in [-0.05, 0) is 85.9 Å². The second kappa shape index (κ2) is 7.50. The van der Waals surface area contributed by atoms with E-state index < -0.39 is 0 Å². The predicted octanol–water partition coefficient (Wildman–Crippen LogP) is 4.76. The zero-order valence-corrected chi connectivity index (χ0v) is 18.0. The zero-order valence-electron chi connectivity index (χ0n) is 18.0. The van der Waals surface area contributed by atoms with E-state index in [4.69, 9.17) is 10.3 Å². The van der Waals surface area contributed by atoms with Crippen LogP contribution < -0.4 is 0 Å². The van der Waals surface area contributed by atoms with E-state index in [0.717, 1.165) is 38.3 Å². The molecular formula is C24H34N2O3. The van der Waals surface area contributed by atoms with Gasteiger partial charge in [-0.15, -0.1) is 0 Å². The standard InChI is InChI=1S/C24H34N2O3/c1-15(27)29-19-8-10-23(2)17(13-19)4-6-20-21-7-5-16(12-18(28)14-26-25)24(21,3)11-9-22(20)23/h7,14,16-17,19-20,22H,4-6,8-13H2,1-3H3. The summed E-state index contributed by atoms with van der Waals surface area (Å²) in [5, 5.41) is 0. The normalized spacial score (nSPS) is 43.1. The molecular weight excluding hydrogens is 364 g/mol. The lowest BCUT2D eigenvalue weighted by Gasteiger charge is -2.59. The lowest BCUT2D eigenvalue weighted by Crippen LogP contribution is -2.52. The van der Waals surface area contributed by atoms with E-state index in [1.165, 1.54) is 26.2 Å². The number of ketones is 1. The molecule has 0 N–H and O–H groups in total. The van der Waals surface area contributed by atoms with Crippen LogP contribution in [0.5, 0.6) is 0 Å². The third kappa shape index (κ3) is 3.42. The number of fused-ring (bicyclic) bond motifs is 5. The van der Waals surface area contributed by atoms with Gasteiger partial charge in [0.25, 0.3) is 0 Å². The Balaban J connectivity index is 1.50. The molecule has 7 atom stereocenters. The summed E-state index contributed by atoms with van der Waals surface area (Å²) in [6.07, 6.45) is 13.0. The topological polar surface area (TPSA) is 79.8 Å². The van der Waals surface area contributed by atoms with Crippen molar-refractivity contribution >= 4 is 18.0 Å². The molecule has 0 heterocycles. The Hall–Kier alpha value is -1.74. The molecule has 0 amide bonds. The molecule has 4 aliphatic rings. The van der Waals surface area contributed by atoms with Gasteiger partial charge < -0.3 is 10.3 Å². The monoisotopic (exact) mass is 398 g/mol. The third-order valence-electron chi connectivity index (χ3n) is 9.18. The summed E-state index contributed by atoms with van der Waals surface area (Å²) >= 11 is 0. The summed E-state index contributed by atoms with van der Waals surface area (Å²) < 4.78 is 5.57. The molecule has 4 aliphatic carbocycles. The van der Waals surface area contributed by atoms with Gasteiger partial charge in [-0.3, -0.25) is 9.59 Å². The van der Waals surface area contributed by atoms with Gasteiger partial charge in [0.05, 0.1) is 0 Å². The van der Waals surface area contributed by atoms with Gasteiger partial charge in [0.1, 0.15) is 6.10 Å². The highest BCUT2D eigenvalue weighted by Crippen LogP contribution is 2.66. The molecule has 0 saturated heterocycles. The molecule has 3 fully saturated rings. The van der Waals surface area contributed by atoms with Crippen LogP contribution in [0.15, 0.2) is 11.6 Å². The first-order valence-electron chi connectivity index (χ1n) is 11.4. The van der Waals surface area contributed by atoms with Crippen LogP contribution in [0.4, 0.5) is 0 Å². The van der Waals surface area contributed by atoms with Crippen LogP contribution in [0.2, 0.25) is 0 Å². The molecule has 0 aromatic rings. The van der Waals surface area contributed by atoms with Crippen LogP contribution >= 0.6 is 0 Å². The quantitative estimate of drug-likeness (QED) is 0.225. The maximum absolute atomic E-state index is 12.1. The Morgan fingerprint density at radius 1 is 1.24 bits per heavy atom. The van der Waals surface area contributed by atoms with E-state index in [9.17, 15) is 9.59 Å². The van der Waals surface area contributed by atoms with Crippen LogP contribution in [0.1, 0.15) is 78.6 Å². The van der Waals surface area contributed by atoms with Gasteiger partial charge in [-0.25, -0.2) is 0 Å². The second-order valence-corrected chi connectivity index (χ2v) is 10.5. The van der Waals surface area contributed by atoms with Crippen molar-refractivity contribution in [3.05, 3.63) is 17.2 Å². The first kappa shape index (κ1) is 20.5. The summed E-state index contributed by atoms with van der Waals surface area (Å²) in [5.41, 5.74) is 10.7. The second-order valence-electron chi connectivity index (χ2n) is 10.5. The smallest absolute Gasteiger partial charge is 0.323 e. The Bertz CT molecular complexity index is 783. The average Bonchev–Trinajstić information content (AvgIpc) is 2.98. The summed E-state index contributed by atoms with van der Waals surface area (Å²) in [6, 6.07) is 0. The molecule has 3 saturated carbocycles. The first-order valence-corrected chi connectivity index (χ1v) is 11.4. The molecule has 5 nitrogen and oxygen atoms in total. The minimum absolute atomic E-state index is 0.0741. The molecule has 29 heavy (non-hydrogen) atoms. The van der Waals surface area contributed by atoms with Crippen LogP contribution in [0.3, 0.4) is 0 Å². The van der Waals surface area contributed by atoms with Gasteiger partial charge in [0.2, 0.25) is 5.78 Å². The van der Waals surface area contributed by atoms with Gasteiger partial charge in [0.15, 0.2) is 0 Å². The van der Waals surface area contributed by atoms with Gasteiger partial charge in [-0.2, -0.15) is 4.79 Å². The van der Waals surface area contributed by atoms with Crippen molar-refractivity contribution < 1.29 is 19.1 Å². The van der Waals surface area contributed by atoms with Crippen molar-refractivity contribution in [1.82, 2.24) is 0 Å². The molecule has 7 unspecified atom stereocenters. The predicted molar refractivity (Wildman–Crippen MR) is 110 cm³/mol. The number of carbonyl (C=O) groups excluding carboxylic acids is 2. The van der Waals surface area contributed by atoms with Crippen LogP contribution in [-0.2, 0) is 14.3 Å². The number of rotatable bonds is 4. The van der Waals surface area contributed by atoms with Crippen molar-refractivity contribution in [1.29, 1.82) is 0 Å². The van der Waals surface area contributed by atoms with Gasteiger partial charge in [0, 0.05) is 13.3 Å². The van der Waals surface area contributed by atoms with Gasteiger partial charge >= 0.3 is 12.2 Å². The van der Waals surface area contributed by atoms with Crippen LogP contribution in [-0.4, -0.2) is 28.9 Å². The Labute approximate surface area is 173 Å². The number of ether oxygens (including phenoxy) is 1. The highest BCUT2D eigenvalue weighted by Gasteiger charge is 2.57. The molecule has 4 rings (SSSR count). The van der Waals surface area contributed by atoms with E-state index in [-0.39, 0.29) is 23.3 Å². The van der Waals surface area contributed by atoms with E-state index in [1.54, 1.807) is 5.57 Å². The van der Waals surface area contributed by atoms with Crippen molar-refractivity contribution in [2.45, 2.75) is 84.7 Å². The number of allylic oxidation sites excluding steroid dienone is 2. The molecule has 0 aliphatic heterocycles. The number of hydrogen-bond acceptors (Lipinski definition) is 3. The van der Waals surface area contributed by atoms with Crippen molar-refractivity contribution in [3.63, 3.8) is 0 Å². The SMILES string of the molecule is CC(=O)OC1CCC2(C)C(CCC3C4=CCC(CC(=O)C=[N+]=[N-])C4(C)CCC32)C1. The molecule has 0 radical (unpaired) electrons. The number of carbonyl (C=O) groups is 2. The fourth-order valence-electron chi connectivity index (χ4n) is 7.65. The number of Topliss-reactive ketones (excluding diaryl/α,β-unsaturated/α-hetero) is 1. The summed E-state index contributed by atoms with van der Waals surface area (Å²) in [6.45, 7) is 6.38. The summed E-state index contributed by atoms with van der Waals surface area (Å²) in [4.78, 5) is 26.4. The zero-order chi connectivity index (χ0) is 20.8. The average molecular weight is 399 g/mol. The van der Waals surface area contributed by atoms with Crippen LogP contribution in [0.25, 0.3) is 5.53 Å². The van der Waals surface area contributed by atoms with E-state index in [2.05, 4.69) is 24.7 Å². The van der Waals surface area contributed by atoms with E-state index in [1.807, 2.05) is 0 Å². The Morgan fingerprint density at radius 2 is 2.03 bits per heavy atom. The Morgan fingerprint density at radius 3 is 2.76 bits per heavy atom. The van der Waals surface area contributed by atoms with Crippen LogP contribution in [0, 0.1) is 34.5 Å². The molecule has 0 aromatic carbocycles. The number of nitrogens with zero attached hydrogens (tertiary/aromatic N) is 2. The number of esters is 1. The fraction of sp³-hybridized carbons (Fsp3) is 0.792. The highest BCUT2D eigenvalue weighted by molar-refractivity contribution is 6.25. The van der Waals surface area contributed by atoms with Crippen molar-refractivity contribution in [2.24, 2.45) is 34.5 Å². The third-order valence-corrected chi connectivity index (χ3v) is 9.18. The summed E-state index contributed by atoms with van der Waals surface area (Å²) in [7, 11) is 0. The molecule has 0 aromatic heterocycles. The lowest BCUT2D eigenvalue weighted by molar-refractivity contribution is -0.155. The Kier molecular flexibility index (Phi) is 5.31. The fourth-order valence-corrected chi connectivity index (χ4v) is 7.65. The first-order chi connectivity index (χ1) is 13.8. The number of hydrogen-bond donors (Lipinski definition) is 0. The maximum Gasteiger partial charge on any atom is 0.323 e. The molecule has 158 valence electrons. The molecule has 0 spiro atoms. The minimum Gasteiger partial charge on any atom is -0.463 e. The van der Waals surface area contributed by atoms with Gasteiger partial charge in [-0.1, -0.05) is 25.5 Å². The molecule has 0 bridgehead atoms. The van der Waals surface area contributed by atoms with E-state index >= 15 is 0 Å². The largest absolute Gasteiger partial charge is 0.463 e. The molecule has 5 heteroatoms. The van der Waals surface area contributed by atoms with Crippen molar-refractivity contribution in [3.8, 4) is 0 Å². The maximum atomic E-state index is 12.1. The van der Waals surface area contributed by atoms with Crippen molar-refractivity contribution in [2.75, 3.05) is 0 Å². The van der Waals surface area contributed by atoms with E-state index in [0.29, 0.717) is 35.5 Å². The summed E-state index contributed by atoms with van der Waals surface area (Å²) in [5.74, 6) is 2.08. The minimum atomic E-state index is -0.149. The lowest BCUT2D eigenvalue weighted by atomic mass is 9.46.